The van der Waals surface area contributed by atoms with Crippen molar-refractivity contribution in [1.29, 1.82) is 0 Å². The summed E-state index contributed by atoms with van der Waals surface area (Å²) in [5.74, 6) is -9.64. The Kier molecular flexibility index (Phi) is 24.3. The first-order valence-corrected chi connectivity index (χ1v) is 25.1. The third kappa shape index (κ3) is 17.0. The van der Waals surface area contributed by atoms with Crippen LogP contribution in [-0.4, -0.2) is 146 Å². The number of imide groups is 5. The molecule has 72 heavy (non-hydrogen) atoms. The van der Waals surface area contributed by atoms with E-state index in [0.717, 1.165) is 16.9 Å². The number of amides is 10. The van der Waals surface area contributed by atoms with Gasteiger partial charge in [-0.1, -0.05) is 77.2 Å². The Morgan fingerprint density at radius 2 is 1.06 bits per heavy atom. The van der Waals surface area contributed by atoms with Crippen molar-refractivity contribution in [2.75, 3.05) is 20.2 Å². The van der Waals surface area contributed by atoms with Crippen molar-refractivity contribution < 1.29 is 90.8 Å². The van der Waals surface area contributed by atoms with Crippen LogP contribution in [0.2, 0.25) is 0 Å². The van der Waals surface area contributed by atoms with E-state index in [9.17, 15) is 70.7 Å². The topological polar surface area (TPSA) is 309 Å². The molecule has 406 valence electrons. The molecule has 5 heterocycles. The molecule has 5 aliphatic heterocycles. The first kappa shape index (κ1) is 62.5. The Morgan fingerprint density at radius 1 is 0.611 bits per heavy atom. The second-order valence-corrected chi connectivity index (χ2v) is 22.1. The largest absolute Gasteiger partial charge is 0.353 e. The van der Waals surface area contributed by atoms with Crippen LogP contribution in [0.4, 0.5) is 0 Å². The molecule has 0 spiro atoms. The van der Waals surface area contributed by atoms with Gasteiger partial charge in [-0.05, 0) is 29.9 Å². The highest BCUT2D eigenvalue weighted by molar-refractivity contribution is 8.00. The average molecular weight is 1060 g/mol. The third-order valence-corrected chi connectivity index (χ3v) is 14.2. The van der Waals surface area contributed by atoms with E-state index in [1.165, 1.54) is 18.7 Å². The highest BCUT2D eigenvalue weighted by Gasteiger charge is 2.45. The van der Waals surface area contributed by atoms with Crippen LogP contribution in [0.25, 0.3) is 0 Å². The maximum absolute atomic E-state index is 12.3. The Morgan fingerprint density at radius 3 is 1.44 bits per heavy atom. The van der Waals surface area contributed by atoms with Gasteiger partial charge in [0.25, 0.3) is 45.6 Å². The summed E-state index contributed by atoms with van der Waals surface area (Å²) in [5.41, 5.74) is 0. The van der Waals surface area contributed by atoms with Gasteiger partial charge in [0.15, 0.2) is 5.25 Å². The molecule has 7 atom stereocenters. The van der Waals surface area contributed by atoms with E-state index in [2.05, 4.69) is 9.02 Å². The number of hydroxylamine groups is 6. The average Bonchev–Trinajstić information content (AvgIpc) is 3.97. The summed E-state index contributed by atoms with van der Waals surface area (Å²) in [5, 5.41) is -0.398. The van der Waals surface area contributed by atoms with Crippen molar-refractivity contribution in [2.45, 2.75) is 157 Å². The maximum atomic E-state index is 12.3. The molecule has 0 radical (unpaired) electrons. The lowest BCUT2D eigenvalue weighted by atomic mass is 9.94. The van der Waals surface area contributed by atoms with Crippen molar-refractivity contribution in [3.05, 3.63) is 0 Å². The molecule has 5 saturated heterocycles. The maximum Gasteiger partial charge on any atom is 0.353 e. The second-order valence-electron chi connectivity index (χ2n) is 18.1. The lowest BCUT2D eigenvalue weighted by Crippen LogP contribution is -2.41. The van der Waals surface area contributed by atoms with E-state index in [4.69, 9.17) is 11.0 Å². The molecule has 5 rings (SSSR count). The molecule has 0 aromatic rings. The Bertz CT molecular complexity index is 2260. The molecule has 10 amide bonds. The summed E-state index contributed by atoms with van der Waals surface area (Å²) in [7, 11) is -3.27. The van der Waals surface area contributed by atoms with Gasteiger partial charge < -0.3 is 14.5 Å². The summed E-state index contributed by atoms with van der Waals surface area (Å²) < 4.78 is 35.8. The molecule has 26 heteroatoms. The van der Waals surface area contributed by atoms with Gasteiger partial charge in [-0.2, -0.15) is 20.2 Å². The van der Waals surface area contributed by atoms with E-state index in [1.807, 2.05) is 41.5 Å². The second kappa shape index (κ2) is 28.0. The number of rotatable bonds is 19. The van der Waals surface area contributed by atoms with Crippen LogP contribution in [-0.2, 0) is 91.1 Å². The van der Waals surface area contributed by atoms with E-state index in [-0.39, 0.29) is 144 Å². The summed E-state index contributed by atoms with van der Waals surface area (Å²) in [6.45, 7) is 16.2. The first-order valence-electron chi connectivity index (χ1n) is 23.3. The fourth-order valence-electron chi connectivity index (χ4n) is 7.49. The number of hydrogen-bond acceptors (Lipinski definition) is 20. The molecular weight excluding hydrogens is 991 g/mol. The quantitative estimate of drug-likeness (QED) is 0.133. The number of nitrogens with zero attached hydrogens (tertiary/aromatic N) is 5. The molecule has 0 aliphatic carbocycles. The van der Waals surface area contributed by atoms with Crippen LogP contribution in [0.15, 0.2) is 0 Å². The lowest BCUT2D eigenvalue weighted by Gasteiger charge is -2.21. The molecule has 0 saturated carbocycles. The van der Waals surface area contributed by atoms with E-state index < -0.39 is 87.0 Å². The molecule has 0 aromatic heterocycles. The van der Waals surface area contributed by atoms with Gasteiger partial charge in [0.1, 0.15) is 0 Å². The molecule has 0 N–H and O–H groups in total. The van der Waals surface area contributed by atoms with E-state index in [1.54, 1.807) is 13.8 Å². The number of likely N-dealkylation sites (tertiary alicyclic amines) is 2. The van der Waals surface area contributed by atoms with Crippen LogP contribution in [0.3, 0.4) is 0 Å². The fraction of sp³-hybridized carbons (Fsp3) is 0.717. The minimum Gasteiger partial charge on any atom is -0.330 e. The number of thioether (sulfide) groups is 1. The SMILES string of the molecule is C.C.CC1CC(=O)N(OC(=O)CCN2C(=O)CC(C(C)C)C2=O)C1=O.COS(=O)(=O)C(CC(C)SC(C)C)C(=O)ON1C(=O)CC(C)C1=O.[2H]C1CC(=O)N(OC(=O)CCCN2C(=O)CC(C(C)C)C2=O)C1=O. The predicted molar refractivity (Wildman–Crippen MR) is 254 cm³/mol. The zero-order valence-electron chi connectivity index (χ0n) is 41.9. The third-order valence-electron chi connectivity index (χ3n) is 11.5. The van der Waals surface area contributed by atoms with Crippen LogP contribution in [0.5, 0.6) is 0 Å². The summed E-state index contributed by atoms with van der Waals surface area (Å²) in [6, 6.07) is 0. The van der Waals surface area contributed by atoms with Crippen LogP contribution >= 0.6 is 11.8 Å². The number of carbonyl (C=O) groups excluding carboxylic acids is 13. The van der Waals surface area contributed by atoms with Crippen LogP contribution in [0, 0.1) is 35.5 Å². The van der Waals surface area contributed by atoms with Gasteiger partial charge in [0.2, 0.25) is 23.6 Å². The standard InChI is InChI=1S/2C15H20N2O6.C14H23NO7S2.2CH4/c1-8(2)10-7-11(18)16(15(10)22)5-4-13(20)23-17-12(19)6-9(3)14(17)21;1-9(2)10-8-13(20)16(15(10)22)7-3-4-14(21)23-17-11(18)5-6-12(17)19;1-8(2)23-10(4)7-11(24(19,20)21-5)14(18)22-15-12(16)6-9(3)13(15)17;;/h8-10H,4-7H2,1-3H3;9-10H,3-8H2,1-2H3;8-11H,6-7H2,1-5H3;2*1H4/i;5D;;;. The summed E-state index contributed by atoms with van der Waals surface area (Å²) in [6.07, 6.45) is -1.56. The van der Waals surface area contributed by atoms with Crippen molar-refractivity contribution in [3.8, 4) is 0 Å². The number of hydrogen-bond donors (Lipinski definition) is 0. The zero-order chi connectivity index (χ0) is 54.0. The highest BCUT2D eigenvalue weighted by Crippen LogP contribution is 2.29. The van der Waals surface area contributed by atoms with Gasteiger partial charge in [-0.25, -0.2) is 14.4 Å². The normalized spacial score (nSPS) is 23.3. The number of carbonyl (C=O) groups is 13. The highest BCUT2D eigenvalue weighted by atomic mass is 32.2. The summed E-state index contributed by atoms with van der Waals surface area (Å²) in [4.78, 5) is 170. The molecular formula is C46H71N5O19S2. The van der Waals surface area contributed by atoms with Crippen molar-refractivity contribution in [2.24, 2.45) is 35.5 Å². The lowest BCUT2D eigenvalue weighted by molar-refractivity contribution is -0.198. The molecule has 24 nitrogen and oxygen atoms in total. The van der Waals surface area contributed by atoms with Crippen LogP contribution in [0.1, 0.15) is 143 Å². The van der Waals surface area contributed by atoms with Crippen molar-refractivity contribution >= 4 is 98.9 Å². The van der Waals surface area contributed by atoms with Gasteiger partial charge in [-0.3, -0.25) is 61.9 Å². The molecule has 5 fully saturated rings. The van der Waals surface area contributed by atoms with Gasteiger partial charge in [0, 0.05) is 88.3 Å². The first-order chi connectivity index (χ1) is 32.9. The smallest absolute Gasteiger partial charge is 0.330 e. The minimum atomic E-state index is -4.22. The summed E-state index contributed by atoms with van der Waals surface area (Å²) >= 11 is 1.50. The monoisotopic (exact) mass is 1060 g/mol. The Hall–Kier alpha value is -5.63. The fourth-order valence-corrected chi connectivity index (χ4v) is 9.88. The zero-order valence-corrected chi connectivity index (χ0v) is 42.5. The Balaban J connectivity index is 0.000000540. The van der Waals surface area contributed by atoms with E-state index >= 15 is 0 Å². The van der Waals surface area contributed by atoms with Gasteiger partial charge in [0.05, 0.1) is 13.5 Å². The van der Waals surface area contributed by atoms with Gasteiger partial charge >= 0.3 is 17.9 Å². The van der Waals surface area contributed by atoms with Gasteiger partial charge in [-0.15, -0.1) is 15.2 Å². The van der Waals surface area contributed by atoms with Crippen molar-refractivity contribution in [3.63, 3.8) is 0 Å². The molecule has 0 bridgehead atoms. The minimum absolute atomic E-state index is 0. The van der Waals surface area contributed by atoms with Crippen molar-refractivity contribution in [1.82, 2.24) is 25.0 Å². The molecule has 7 unspecified atom stereocenters. The molecule has 5 aliphatic rings. The van der Waals surface area contributed by atoms with E-state index in [0.29, 0.717) is 15.2 Å². The molecule has 0 aromatic carbocycles. The Labute approximate surface area is 426 Å². The van der Waals surface area contributed by atoms with Crippen LogP contribution < -0.4 is 0 Å². The predicted octanol–water partition coefficient (Wildman–Crippen LogP) is 3.04.